The molecule has 4 heterocycles. The van der Waals surface area contributed by atoms with Gasteiger partial charge >= 0.3 is 0 Å². The molecule has 0 aliphatic carbocycles. The highest BCUT2D eigenvalue weighted by Gasteiger charge is 2.21. The third-order valence-electron chi connectivity index (χ3n) is 4.97. The number of piperidine rings is 1. The monoisotopic (exact) mass is 315 g/mol. The fourth-order valence-corrected chi connectivity index (χ4v) is 3.64. The van der Waals surface area contributed by atoms with Crippen molar-refractivity contribution in [3.05, 3.63) is 35.8 Å². The summed E-state index contributed by atoms with van der Waals surface area (Å²) < 4.78 is 7.82. The Kier molecular flexibility index (Phi) is 4.43. The van der Waals surface area contributed by atoms with Crippen molar-refractivity contribution in [2.24, 2.45) is 0 Å². The summed E-state index contributed by atoms with van der Waals surface area (Å²) in [4.78, 5) is 4.96. The van der Waals surface area contributed by atoms with Gasteiger partial charge in [-0.05, 0) is 38.1 Å². The molecule has 0 amide bonds. The summed E-state index contributed by atoms with van der Waals surface area (Å²) in [7, 11) is 0. The lowest BCUT2D eigenvalue weighted by atomic mass is 10.1. The molecule has 0 saturated carbocycles. The van der Waals surface area contributed by atoms with Crippen LogP contribution in [0.3, 0.4) is 0 Å². The van der Waals surface area contributed by atoms with Crippen molar-refractivity contribution in [3.8, 4) is 0 Å². The van der Waals surface area contributed by atoms with Gasteiger partial charge in [-0.15, -0.1) is 10.2 Å². The second-order valence-corrected chi connectivity index (χ2v) is 6.63. The molecule has 0 N–H and O–H groups in total. The van der Waals surface area contributed by atoms with E-state index < -0.39 is 0 Å². The topological polar surface area (TPSA) is 50.3 Å². The number of rotatable bonds is 4. The molecule has 2 aliphatic heterocycles. The van der Waals surface area contributed by atoms with Crippen LogP contribution >= 0.6 is 0 Å². The third kappa shape index (κ3) is 3.48. The summed E-state index contributed by atoms with van der Waals surface area (Å²) >= 11 is 0. The Labute approximate surface area is 137 Å². The van der Waals surface area contributed by atoms with Crippen LogP contribution in [0.4, 0.5) is 0 Å². The molecule has 0 aromatic carbocycles. The first kappa shape index (κ1) is 14.9. The number of hydrogen-bond acceptors (Lipinski definition) is 5. The first-order valence-corrected chi connectivity index (χ1v) is 8.76. The van der Waals surface area contributed by atoms with Gasteiger partial charge in [0, 0.05) is 26.1 Å². The van der Waals surface area contributed by atoms with E-state index in [-0.39, 0.29) is 0 Å². The summed E-state index contributed by atoms with van der Waals surface area (Å²) in [5.41, 5.74) is 0. The van der Waals surface area contributed by atoms with E-state index in [1.165, 1.54) is 32.4 Å². The summed E-state index contributed by atoms with van der Waals surface area (Å²) in [5, 5.41) is 8.92. The van der Waals surface area contributed by atoms with Gasteiger partial charge in [-0.2, -0.15) is 0 Å². The average molecular weight is 315 g/mol. The predicted octanol–water partition coefficient (Wildman–Crippen LogP) is 1.92. The van der Waals surface area contributed by atoms with Gasteiger partial charge in [-0.1, -0.05) is 6.42 Å². The zero-order valence-corrected chi connectivity index (χ0v) is 13.7. The minimum atomic E-state index is 0.882. The van der Waals surface area contributed by atoms with Crippen LogP contribution in [0.1, 0.15) is 36.7 Å². The second kappa shape index (κ2) is 6.84. The van der Waals surface area contributed by atoms with Crippen LogP contribution < -0.4 is 0 Å². The molecule has 23 heavy (non-hydrogen) atoms. The van der Waals surface area contributed by atoms with Crippen LogP contribution in [0.25, 0.3) is 0 Å². The van der Waals surface area contributed by atoms with E-state index in [1.54, 1.807) is 6.26 Å². The minimum absolute atomic E-state index is 0.882. The molecule has 2 aliphatic rings. The van der Waals surface area contributed by atoms with Crippen LogP contribution in [-0.2, 0) is 26.1 Å². The molecule has 0 radical (unpaired) electrons. The van der Waals surface area contributed by atoms with Gasteiger partial charge in [-0.3, -0.25) is 9.80 Å². The summed E-state index contributed by atoms with van der Waals surface area (Å²) in [5.74, 6) is 3.32. The van der Waals surface area contributed by atoms with E-state index >= 15 is 0 Å². The molecule has 0 spiro atoms. The number of likely N-dealkylation sites (tertiary alicyclic amines) is 1. The predicted molar refractivity (Wildman–Crippen MR) is 86.8 cm³/mol. The zero-order chi connectivity index (χ0) is 15.5. The lowest BCUT2D eigenvalue weighted by Crippen LogP contribution is -2.31. The Morgan fingerprint density at radius 2 is 1.78 bits per heavy atom. The highest BCUT2D eigenvalue weighted by molar-refractivity contribution is 5.01. The van der Waals surface area contributed by atoms with E-state index in [2.05, 4.69) is 24.6 Å². The van der Waals surface area contributed by atoms with Crippen molar-refractivity contribution >= 4 is 0 Å². The largest absolute Gasteiger partial charge is 0.468 e. The standard InChI is InChI=1S/C17H25N5O/c1-2-7-20(8-3-1)14-17-19-18-16-6-9-21(10-11-22(16)17)13-15-5-4-12-23-15/h4-5,12H,1-3,6-11,13-14H2. The molecule has 4 rings (SSSR count). The van der Waals surface area contributed by atoms with Gasteiger partial charge in [-0.25, -0.2) is 0 Å². The molecule has 2 aromatic heterocycles. The quantitative estimate of drug-likeness (QED) is 0.863. The number of hydrogen-bond donors (Lipinski definition) is 0. The molecule has 6 heteroatoms. The maximum absolute atomic E-state index is 5.48. The lowest BCUT2D eigenvalue weighted by molar-refractivity contribution is 0.210. The van der Waals surface area contributed by atoms with Crippen molar-refractivity contribution in [1.29, 1.82) is 0 Å². The van der Waals surface area contributed by atoms with E-state index in [1.807, 2.05) is 12.1 Å². The first-order valence-electron chi connectivity index (χ1n) is 8.76. The molecule has 1 saturated heterocycles. The molecule has 1 fully saturated rings. The molecule has 2 aromatic rings. The summed E-state index contributed by atoms with van der Waals surface area (Å²) in [6, 6.07) is 4.01. The van der Waals surface area contributed by atoms with Gasteiger partial charge < -0.3 is 8.98 Å². The Hall–Kier alpha value is -1.66. The van der Waals surface area contributed by atoms with Crippen molar-refractivity contribution in [2.45, 2.75) is 45.3 Å². The molecular formula is C17H25N5O. The highest BCUT2D eigenvalue weighted by Crippen LogP contribution is 2.16. The number of nitrogens with zero attached hydrogens (tertiary/aromatic N) is 5. The average Bonchev–Trinajstić information content (AvgIpc) is 3.17. The Balaban J connectivity index is 1.40. The Morgan fingerprint density at radius 3 is 2.61 bits per heavy atom. The van der Waals surface area contributed by atoms with Gasteiger partial charge in [0.05, 0.1) is 19.4 Å². The molecule has 0 unspecified atom stereocenters. The van der Waals surface area contributed by atoms with Gasteiger partial charge in [0.15, 0.2) is 0 Å². The molecular weight excluding hydrogens is 290 g/mol. The molecule has 0 atom stereocenters. The highest BCUT2D eigenvalue weighted by atomic mass is 16.3. The zero-order valence-electron chi connectivity index (χ0n) is 13.7. The van der Waals surface area contributed by atoms with Gasteiger partial charge in [0.1, 0.15) is 17.4 Å². The maximum Gasteiger partial charge on any atom is 0.147 e. The van der Waals surface area contributed by atoms with Gasteiger partial charge in [0.25, 0.3) is 0 Å². The normalized spacial score (nSPS) is 20.3. The van der Waals surface area contributed by atoms with Gasteiger partial charge in [0.2, 0.25) is 0 Å². The van der Waals surface area contributed by atoms with Crippen LogP contribution in [0, 0.1) is 0 Å². The minimum Gasteiger partial charge on any atom is -0.468 e. The third-order valence-corrected chi connectivity index (χ3v) is 4.97. The van der Waals surface area contributed by atoms with E-state index in [4.69, 9.17) is 4.42 Å². The molecule has 124 valence electrons. The maximum atomic E-state index is 5.48. The van der Waals surface area contributed by atoms with E-state index in [0.717, 1.165) is 56.6 Å². The SMILES string of the molecule is c1coc(CN2CCc3nnc(CN4CCCCC4)n3CC2)c1. The van der Waals surface area contributed by atoms with E-state index in [0.29, 0.717) is 0 Å². The molecule has 6 nitrogen and oxygen atoms in total. The second-order valence-electron chi connectivity index (χ2n) is 6.63. The Bertz CT molecular complexity index is 615. The summed E-state index contributed by atoms with van der Waals surface area (Å²) in [6.45, 7) is 7.25. The molecule has 0 bridgehead atoms. The van der Waals surface area contributed by atoms with Crippen LogP contribution in [0.5, 0.6) is 0 Å². The fourth-order valence-electron chi connectivity index (χ4n) is 3.64. The number of fused-ring (bicyclic) bond motifs is 1. The van der Waals surface area contributed by atoms with Crippen LogP contribution in [0.2, 0.25) is 0 Å². The number of furan rings is 1. The van der Waals surface area contributed by atoms with Crippen LogP contribution in [-0.4, -0.2) is 50.7 Å². The smallest absolute Gasteiger partial charge is 0.147 e. The first-order chi connectivity index (χ1) is 11.4. The van der Waals surface area contributed by atoms with Crippen LogP contribution in [0.15, 0.2) is 22.8 Å². The fraction of sp³-hybridized carbons (Fsp3) is 0.647. The summed E-state index contributed by atoms with van der Waals surface area (Å²) in [6.07, 6.45) is 6.72. The van der Waals surface area contributed by atoms with Crippen molar-refractivity contribution in [2.75, 3.05) is 26.2 Å². The van der Waals surface area contributed by atoms with Crippen molar-refractivity contribution < 1.29 is 4.42 Å². The van der Waals surface area contributed by atoms with E-state index in [9.17, 15) is 0 Å². The number of aromatic nitrogens is 3. The lowest BCUT2D eigenvalue weighted by Gasteiger charge is -2.26. The Morgan fingerprint density at radius 1 is 0.913 bits per heavy atom. The van der Waals surface area contributed by atoms with Crippen molar-refractivity contribution in [1.82, 2.24) is 24.6 Å². The van der Waals surface area contributed by atoms with Crippen molar-refractivity contribution in [3.63, 3.8) is 0 Å².